The summed E-state index contributed by atoms with van der Waals surface area (Å²) in [4.78, 5) is 19.5. The van der Waals surface area contributed by atoms with Crippen molar-refractivity contribution >= 4 is 11.9 Å². The molecule has 6 heteroatoms. The van der Waals surface area contributed by atoms with Crippen molar-refractivity contribution in [1.29, 1.82) is 0 Å². The highest BCUT2D eigenvalue weighted by atomic mass is 16.4. The van der Waals surface area contributed by atoms with Gasteiger partial charge in [-0.25, -0.2) is 9.59 Å². The van der Waals surface area contributed by atoms with E-state index >= 15 is 0 Å². The third-order valence-electron chi connectivity index (χ3n) is 2.31. The average molecular weight is 234 g/mol. The van der Waals surface area contributed by atoms with E-state index < -0.39 is 24.1 Å². The van der Waals surface area contributed by atoms with Gasteiger partial charge >= 0.3 is 11.9 Å². The highest BCUT2D eigenvalue weighted by Gasteiger charge is 2.29. The Morgan fingerprint density at radius 3 is 1.00 bits per heavy atom. The fourth-order valence-electron chi connectivity index (χ4n) is 1.33. The Labute approximate surface area is 93.5 Å². The Balaban J connectivity index is 0.000000315. The van der Waals surface area contributed by atoms with Crippen molar-refractivity contribution in [3.63, 3.8) is 0 Å². The van der Waals surface area contributed by atoms with Crippen molar-refractivity contribution < 1.29 is 30.0 Å². The van der Waals surface area contributed by atoms with E-state index in [9.17, 15) is 9.59 Å². The Morgan fingerprint density at radius 1 is 0.688 bits per heavy atom. The summed E-state index contributed by atoms with van der Waals surface area (Å²) < 4.78 is 0. The van der Waals surface area contributed by atoms with Crippen LogP contribution in [0.1, 0.15) is 38.5 Å². The number of carboxylic acid groups (broad SMARTS) is 2. The minimum atomic E-state index is -2.27. The topological polar surface area (TPSA) is 115 Å². The first kappa shape index (κ1) is 14.9. The lowest BCUT2D eigenvalue weighted by molar-refractivity contribution is -0.165. The van der Waals surface area contributed by atoms with Crippen LogP contribution in [0.25, 0.3) is 0 Å². The second kappa shape index (κ2) is 8.06. The van der Waals surface area contributed by atoms with Gasteiger partial charge in [-0.2, -0.15) is 0 Å². The van der Waals surface area contributed by atoms with E-state index in [-0.39, 0.29) is 0 Å². The van der Waals surface area contributed by atoms with Crippen molar-refractivity contribution in [2.75, 3.05) is 0 Å². The summed E-state index contributed by atoms with van der Waals surface area (Å²) in [7, 11) is 0. The lowest BCUT2D eigenvalue weighted by Crippen LogP contribution is -2.39. The quantitative estimate of drug-likeness (QED) is 0.555. The van der Waals surface area contributed by atoms with Crippen molar-refractivity contribution in [3.8, 4) is 0 Å². The van der Waals surface area contributed by atoms with E-state index in [1.165, 1.54) is 38.5 Å². The molecule has 94 valence electrons. The van der Waals surface area contributed by atoms with Crippen LogP contribution in [0.5, 0.6) is 0 Å². The summed E-state index contributed by atoms with van der Waals surface area (Å²) in [5, 5.41) is 32.5. The number of aliphatic carboxylic acids is 2. The molecule has 0 aromatic rings. The van der Waals surface area contributed by atoms with Crippen molar-refractivity contribution in [3.05, 3.63) is 0 Å². The van der Waals surface area contributed by atoms with Crippen molar-refractivity contribution in [2.24, 2.45) is 0 Å². The van der Waals surface area contributed by atoms with E-state index in [0.717, 1.165) is 0 Å². The molecular weight excluding hydrogens is 216 g/mol. The van der Waals surface area contributed by atoms with Crippen LogP contribution >= 0.6 is 0 Å². The number of rotatable bonds is 3. The number of aliphatic hydroxyl groups is 2. The van der Waals surface area contributed by atoms with Gasteiger partial charge in [0.25, 0.3) is 0 Å². The van der Waals surface area contributed by atoms with Gasteiger partial charge < -0.3 is 20.4 Å². The number of hydrogen-bond acceptors (Lipinski definition) is 4. The minimum Gasteiger partial charge on any atom is -0.479 e. The first-order valence-corrected chi connectivity index (χ1v) is 5.28. The molecule has 1 aliphatic carbocycles. The molecule has 1 rings (SSSR count). The summed E-state index contributed by atoms with van der Waals surface area (Å²) >= 11 is 0. The molecule has 0 bridgehead atoms. The number of aliphatic hydroxyl groups excluding tert-OH is 2. The van der Waals surface area contributed by atoms with Gasteiger partial charge in [0.1, 0.15) is 0 Å². The van der Waals surface area contributed by atoms with E-state index in [1.54, 1.807) is 0 Å². The van der Waals surface area contributed by atoms with E-state index in [2.05, 4.69) is 0 Å². The molecule has 0 aromatic heterocycles. The zero-order chi connectivity index (χ0) is 12.6. The predicted octanol–water partition coefficient (Wildman–Crippen LogP) is 0.218. The Kier molecular flexibility index (Phi) is 7.49. The second-order valence-electron chi connectivity index (χ2n) is 3.69. The fraction of sp³-hybridized carbons (Fsp3) is 0.800. The summed E-state index contributed by atoms with van der Waals surface area (Å²) in [5.74, 6) is -3.54. The lowest BCUT2D eigenvalue weighted by atomic mass is 10.0. The summed E-state index contributed by atoms with van der Waals surface area (Å²) in [6.07, 6.45) is 4.47. The minimum absolute atomic E-state index is 1.50. The molecule has 0 aromatic carbocycles. The molecule has 0 spiro atoms. The van der Waals surface area contributed by atoms with Crippen LogP contribution in [0.3, 0.4) is 0 Å². The molecule has 16 heavy (non-hydrogen) atoms. The number of hydrogen-bond donors (Lipinski definition) is 4. The zero-order valence-electron chi connectivity index (χ0n) is 9.00. The van der Waals surface area contributed by atoms with Crippen molar-refractivity contribution in [1.82, 2.24) is 0 Å². The molecule has 0 radical (unpaired) electrons. The molecular formula is C10H18O6. The SMILES string of the molecule is C1CCCCC1.O=C(O)C(O)C(O)C(=O)O. The molecule has 1 fully saturated rings. The number of carbonyl (C=O) groups is 2. The van der Waals surface area contributed by atoms with Crippen LogP contribution in [0.15, 0.2) is 0 Å². The first-order chi connectivity index (χ1) is 7.46. The van der Waals surface area contributed by atoms with Crippen LogP contribution < -0.4 is 0 Å². The van der Waals surface area contributed by atoms with Gasteiger partial charge in [0, 0.05) is 0 Å². The van der Waals surface area contributed by atoms with Crippen LogP contribution in [-0.2, 0) is 9.59 Å². The van der Waals surface area contributed by atoms with E-state index in [1.807, 2.05) is 0 Å². The van der Waals surface area contributed by atoms with Crippen LogP contribution in [0.4, 0.5) is 0 Å². The fourth-order valence-corrected chi connectivity index (χ4v) is 1.33. The molecule has 4 N–H and O–H groups in total. The highest BCUT2D eigenvalue weighted by Crippen LogP contribution is 2.15. The second-order valence-corrected chi connectivity index (χ2v) is 3.69. The van der Waals surface area contributed by atoms with Gasteiger partial charge in [-0.15, -0.1) is 0 Å². The van der Waals surface area contributed by atoms with Gasteiger partial charge in [-0.3, -0.25) is 0 Å². The largest absolute Gasteiger partial charge is 0.479 e. The lowest BCUT2D eigenvalue weighted by Gasteiger charge is -2.07. The molecule has 1 saturated carbocycles. The maximum Gasteiger partial charge on any atom is 0.335 e. The summed E-state index contributed by atoms with van der Waals surface area (Å²) in [6.45, 7) is 0. The monoisotopic (exact) mass is 234 g/mol. The molecule has 2 atom stereocenters. The molecule has 0 heterocycles. The summed E-state index contributed by atoms with van der Waals surface area (Å²) in [5.41, 5.74) is 0. The molecule has 0 saturated heterocycles. The maximum atomic E-state index is 9.77. The number of carboxylic acids is 2. The third-order valence-corrected chi connectivity index (χ3v) is 2.31. The molecule has 0 amide bonds. The van der Waals surface area contributed by atoms with Crippen molar-refractivity contribution in [2.45, 2.75) is 50.7 Å². The molecule has 2 unspecified atom stereocenters. The highest BCUT2D eigenvalue weighted by molar-refractivity contribution is 5.83. The standard InChI is InChI=1S/C6H12.C4H6O6/c1-2-4-6-5-3-1;5-1(3(7)8)2(6)4(9)10/h1-6H2;1-2,5-6H,(H,7,8)(H,9,10). The van der Waals surface area contributed by atoms with Crippen LogP contribution in [0, 0.1) is 0 Å². The Morgan fingerprint density at radius 2 is 0.875 bits per heavy atom. The summed E-state index contributed by atoms with van der Waals surface area (Å²) in [6, 6.07) is 0. The van der Waals surface area contributed by atoms with Gasteiger partial charge in [0.15, 0.2) is 12.2 Å². The Hall–Kier alpha value is -1.14. The maximum absolute atomic E-state index is 9.77. The van der Waals surface area contributed by atoms with E-state index in [4.69, 9.17) is 20.4 Å². The van der Waals surface area contributed by atoms with Crippen LogP contribution in [0.2, 0.25) is 0 Å². The Bertz CT molecular complexity index is 194. The smallest absolute Gasteiger partial charge is 0.335 e. The average Bonchev–Trinajstić information content (AvgIpc) is 2.30. The van der Waals surface area contributed by atoms with Gasteiger partial charge in [-0.1, -0.05) is 38.5 Å². The molecule has 1 aliphatic rings. The zero-order valence-corrected chi connectivity index (χ0v) is 9.00. The van der Waals surface area contributed by atoms with Crippen LogP contribution in [-0.4, -0.2) is 44.6 Å². The van der Waals surface area contributed by atoms with Gasteiger partial charge in [0.05, 0.1) is 0 Å². The normalized spacial score (nSPS) is 18.9. The molecule has 0 aliphatic heterocycles. The van der Waals surface area contributed by atoms with E-state index in [0.29, 0.717) is 0 Å². The molecule has 6 nitrogen and oxygen atoms in total. The predicted molar refractivity (Wildman–Crippen MR) is 55.0 cm³/mol. The van der Waals surface area contributed by atoms with Gasteiger partial charge in [-0.05, 0) is 0 Å². The first-order valence-electron chi connectivity index (χ1n) is 5.28. The third kappa shape index (κ3) is 6.36. The van der Waals surface area contributed by atoms with Gasteiger partial charge in [0.2, 0.25) is 0 Å².